The van der Waals surface area contributed by atoms with Crippen molar-refractivity contribution < 1.29 is 0 Å². The van der Waals surface area contributed by atoms with Crippen molar-refractivity contribution >= 4 is 17.1 Å². The van der Waals surface area contributed by atoms with Crippen LogP contribution in [-0.2, 0) is 0 Å². The first-order valence-corrected chi connectivity index (χ1v) is 6.03. The molecule has 0 aliphatic carbocycles. The molecule has 3 rings (SSSR count). The fourth-order valence-corrected chi connectivity index (χ4v) is 1.91. The number of H-pyrrole nitrogens is 1. The minimum absolute atomic E-state index is 0.869. The zero-order chi connectivity index (χ0) is 13.1. The Labute approximate surface area is 111 Å². The molecule has 0 saturated heterocycles. The highest BCUT2D eigenvalue weighted by molar-refractivity contribution is 5.82. The first kappa shape index (κ1) is 11.3. The highest BCUT2D eigenvalue weighted by Crippen LogP contribution is 2.14. The first-order chi connectivity index (χ1) is 9.36. The van der Waals surface area contributed by atoms with Gasteiger partial charge < -0.3 is 4.98 Å². The molecule has 2 heteroatoms. The molecule has 2 heterocycles. The Morgan fingerprint density at radius 2 is 1.89 bits per heavy atom. The van der Waals surface area contributed by atoms with E-state index in [1.807, 2.05) is 48.7 Å². The molecule has 0 aliphatic heterocycles. The molecule has 0 bridgehead atoms. The minimum atomic E-state index is 0.869. The van der Waals surface area contributed by atoms with E-state index < -0.39 is 0 Å². The topological polar surface area (TPSA) is 28.7 Å². The molecule has 0 aliphatic rings. The van der Waals surface area contributed by atoms with Gasteiger partial charge in [-0.05, 0) is 29.8 Å². The second-order valence-electron chi connectivity index (χ2n) is 4.17. The van der Waals surface area contributed by atoms with Crippen LogP contribution in [0.1, 0.15) is 16.7 Å². The van der Waals surface area contributed by atoms with Gasteiger partial charge in [0.15, 0.2) is 0 Å². The van der Waals surface area contributed by atoms with Gasteiger partial charge in [0, 0.05) is 28.9 Å². The molecular weight excluding hydrogens is 232 g/mol. The van der Waals surface area contributed by atoms with Gasteiger partial charge in [0.1, 0.15) is 5.65 Å². The van der Waals surface area contributed by atoms with Gasteiger partial charge in [-0.15, -0.1) is 0 Å². The number of nitrogens with one attached hydrogen (secondary N) is 1. The number of hydrogen-bond donors (Lipinski definition) is 1. The van der Waals surface area contributed by atoms with Crippen LogP contribution in [0.4, 0.5) is 0 Å². The van der Waals surface area contributed by atoms with Crippen LogP contribution in [0, 0.1) is 11.8 Å². The Balaban J connectivity index is 1.98. The van der Waals surface area contributed by atoms with Crippen LogP contribution < -0.4 is 0 Å². The lowest BCUT2D eigenvalue weighted by atomic mass is 10.1. The third kappa shape index (κ3) is 2.27. The van der Waals surface area contributed by atoms with Crippen molar-refractivity contribution in [2.24, 2.45) is 0 Å². The maximum Gasteiger partial charge on any atom is 0.138 e. The Kier molecular flexibility index (Phi) is 2.88. The maximum absolute atomic E-state index is 4.25. The average molecular weight is 244 g/mol. The summed E-state index contributed by atoms with van der Waals surface area (Å²) in [5, 5.41) is 1.05. The molecular formula is C17H12N2. The van der Waals surface area contributed by atoms with E-state index in [1.54, 1.807) is 6.20 Å². The van der Waals surface area contributed by atoms with Gasteiger partial charge in [0.2, 0.25) is 0 Å². The van der Waals surface area contributed by atoms with Crippen LogP contribution in [0.5, 0.6) is 0 Å². The van der Waals surface area contributed by atoms with Crippen molar-refractivity contribution in [2.45, 2.75) is 0 Å². The summed E-state index contributed by atoms with van der Waals surface area (Å²) in [5.41, 5.74) is 3.95. The van der Waals surface area contributed by atoms with E-state index in [1.165, 1.54) is 0 Å². The third-order valence-electron chi connectivity index (χ3n) is 2.95. The van der Waals surface area contributed by atoms with E-state index in [2.05, 4.69) is 28.4 Å². The Morgan fingerprint density at radius 3 is 2.68 bits per heavy atom. The second kappa shape index (κ2) is 4.83. The lowest BCUT2D eigenvalue weighted by Gasteiger charge is -1.94. The highest BCUT2D eigenvalue weighted by atomic mass is 14.8. The molecule has 0 spiro atoms. The quantitative estimate of drug-likeness (QED) is 0.651. The molecule has 0 fully saturated rings. The Morgan fingerprint density at radius 1 is 1.05 bits per heavy atom. The normalized spacial score (nSPS) is 9.89. The second-order valence-corrected chi connectivity index (χ2v) is 4.17. The van der Waals surface area contributed by atoms with E-state index >= 15 is 0 Å². The van der Waals surface area contributed by atoms with Gasteiger partial charge in [-0.2, -0.15) is 0 Å². The standard InChI is InChI=1S/C17H12N2/c1-2-13-3-5-14(6-4-13)7-8-15-9-11-18-17-16(15)10-12-19-17/h2-6,9-12H,1H2,(H,18,19). The first-order valence-electron chi connectivity index (χ1n) is 6.03. The summed E-state index contributed by atoms with van der Waals surface area (Å²) in [5.74, 6) is 6.36. The molecule has 3 aromatic rings. The number of rotatable bonds is 1. The van der Waals surface area contributed by atoms with Gasteiger partial charge in [0.05, 0.1) is 0 Å². The predicted octanol–water partition coefficient (Wildman–Crippen LogP) is 3.61. The summed E-state index contributed by atoms with van der Waals surface area (Å²) in [4.78, 5) is 7.33. The van der Waals surface area contributed by atoms with Crippen molar-refractivity contribution in [3.05, 3.63) is 72.1 Å². The zero-order valence-electron chi connectivity index (χ0n) is 10.4. The number of fused-ring (bicyclic) bond motifs is 1. The summed E-state index contributed by atoms with van der Waals surface area (Å²) in [6.45, 7) is 3.74. The van der Waals surface area contributed by atoms with E-state index in [-0.39, 0.29) is 0 Å². The maximum atomic E-state index is 4.25. The fraction of sp³-hybridized carbons (Fsp3) is 0. The van der Waals surface area contributed by atoms with E-state index in [9.17, 15) is 0 Å². The van der Waals surface area contributed by atoms with Gasteiger partial charge in [-0.3, -0.25) is 0 Å². The van der Waals surface area contributed by atoms with Crippen LogP contribution in [0.2, 0.25) is 0 Å². The molecule has 90 valence electrons. The van der Waals surface area contributed by atoms with Crippen molar-refractivity contribution in [1.82, 2.24) is 9.97 Å². The number of aromatic amines is 1. The van der Waals surface area contributed by atoms with Gasteiger partial charge >= 0.3 is 0 Å². The monoisotopic (exact) mass is 244 g/mol. The number of pyridine rings is 1. The van der Waals surface area contributed by atoms with E-state index in [0.29, 0.717) is 0 Å². The Hall–Kier alpha value is -2.79. The molecule has 2 nitrogen and oxygen atoms in total. The predicted molar refractivity (Wildman–Crippen MR) is 78.6 cm³/mol. The van der Waals surface area contributed by atoms with Crippen LogP contribution in [0.3, 0.4) is 0 Å². The summed E-state index contributed by atoms with van der Waals surface area (Å²) in [6.07, 6.45) is 5.47. The molecule has 2 aromatic heterocycles. The van der Waals surface area contributed by atoms with Gasteiger partial charge in [-0.1, -0.05) is 36.6 Å². The summed E-state index contributed by atoms with van der Waals surface area (Å²) in [6, 6.07) is 11.9. The highest BCUT2D eigenvalue weighted by Gasteiger charge is 1.99. The smallest absolute Gasteiger partial charge is 0.138 e. The Bertz CT molecular complexity index is 783. The number of aromatic nitrogens is 2. The van der Waals surface area contributed by atoms with Gasteiger partial charge in [0.25, 0.3) is 0 Å². The lowest BCUT2D eigenvalue weighted by molar-refractivity contribution is 1.32. The van der Waals surface area contributed by atoms with Crippen LogP contribution in [-0.4, -0.2) is 9.97 Å². The van der Waals surface area contributed by atoms with Crippen molar-refractivity contribution in [1.29, 1.82) is 0 Å². The summed E-state index contributed by atoms with van der Waals surface area (Å²) < 4.78 is 0. The molecule has 0 atom stereocenters. The number of hydrogen-bond acceptors (Lipinski definition) is 1. The summed E-state index contributed by atoms with van der Waals surface area (Å²) in [7, 11) is 0. The SMILES string of the molecule is C=Cc1ccc(C#Cc2ccnc3[nH]ccc23)cc1. The van der Waals surface area contributed by atoms with Crippen molar-refractivity contribution in [3.8, 4) is 11.8 Å². The zero-order valence-corrected chi connectivity index (χ0v) is 10.4. The van der Waals surface area contributed by atoms with Crippen LogP contribution in [0.25, 0.3) is 17.1 Å². The molecule has 19 heavy (non-hydrogen) atoms. The molecule has 0 unspecified atom stereocenters. The number of benzene rings is 1. The minimum Gasteiger partial charge on any atom is -0.346 e. The van der Waals surface area contributed by atoms with E-state index in [0.717, 1.165) is 27.7 Å². The third-order valence-corrected chi connectivity index (χ3v) is 2.95. The summed E-state index contributed by atoms with van der Waals surface area (Å²) >= 11 is 0. The van der Waals surface area contributed by atoms with Crippen molar-refractivity contribution in [3.63, 3.8) is 0 Å². The molecule has 0 radical (unpaired) electrons. The molecule has 1 N–H and O–H groups in total. The van der Waals surface area contributed by atoms with Crippen molar-refractivity contribution in [2.75, 3.05) is 0 Å². The fourth-order valence-electron chi connectivity index (χ4n) is 1.91. The molecule has 1 aromatic carbocycles. The van der Waals surface area contributed by atoms with Crippen LogP contribution in [0.15, 0.2) is 55.4 Å². The van der Waals surface area contributed by atoms with Gasteiger partial charge in [-0.25, -0.2) is 4.98 Å². The number of nitrogens with zero attached hydrogens (tertiary/aromatic N) is 1. The lowest BCUT2D eigenvalue weighted by Crippen LogP contribution is -1.81. The van der Waals surface area contributed by atoms with Crippen LogP contribution >= 0.6 is 0 Å². The largest absolute Gasteiger partial charge is 0.346 e. The molecule has 0 saturated carbocycles. The van der Waals surface area contributed by atoms with E-state index in [4.69, 9.17) is 0 Å². The average Bonchev–Trinajstić information content (AvgIpc) is 2.94. The molecule has 0 amide bonds.